The Balaban J connectivity index is 1.77. The van der Waals surface area contributed by atoms with Crippen LogP contribution in [0.3, 0.4) is 0 Å². The van der Waals surface area contributed by atoms with Crippen LogP contribution in [0.15, 0.2) is 24.3 Å². The first kappa shape index (κ1) is 12.2. The molecule has 2 fully saturated rings. The first-order valence-corrected chi connectivity index (χ1v) is 6.72. The van der Waals surface area contributed by atoms with E-state index in [1.807, 2.05) is 4.90 Å². The summed E-state index contributed by atoms with van der Waals surface area (Å²) in [5.74, 6) is -1.03. The number of benzene rings is 1. The van der Waals surface area contributed by atoms with Crippen LogP contribution in [0.25, 0.3) is 0 Å². The molecule has 1 aliphatic carbocycles. The number of hydrogen-bond donors (Lipinski definition) is 1. The molecule has 0 bridgehead atoms. The topological polar surface area (TPSA) is 57.6 Å². The predicted octanol–water partition coefficient (Wildman–Crippen LogP) is 2.40. The molecule has 1 spiro atoms. The van der Waals surface area contributed by atoms with E-state index in [-0.39, 0.29) is 11.5 Å². The number of carbonyl (C=O) groups is 2. The second-order valence-electron chi connectivity index (χ2n) is 5.72. The monoisotopic (exact) mass is 259 g/mol. The number of rotatable bonds is 2. The quantitative estimate of drug-likeness (QED) is 0.887. The molecule has 1 saturated heterocycles. The second-order valence-corrected chi connectivity index (χ2v) is 5.72. The van der Waals surface area contributed by atoms with Crippen molar-refractivity contribution >= 4 is 11.9 Å². The van der Waals surface area contributed by atoms with E-state index in [0.717, 1.165) is 19.5 Å². The number of carboxylic acid groups (broad SMARTS) is 1. The lowest BCUT2D eigenvalue weighted by Crippen LogP contribution is -2.35. The smallest absolute Gasteiger partial charge is 0.335 e. The SMILES string of the molecule is O=C(O)c1cccc(C(=O)N2CCC3(CCC3)C2)c1. The minimum atomic E-state index is -0.994. The zero-order valence-electron chi connectivity index (χ0n) is 10.8. The zero-order valence-corrected chi connectivity index (χ0v) is 10.8. The summed E-state index contributed by atoms with van der Waals surface area (Å²) in [6, 6.07) is 6.30. The normalized spacial score (nSPS) is 20.3. The molecule has 0 atom stereocenters. The standard InChI is InChI=1S/C15H17NO3/c17-13(11-3-1-4-12(9-11)14(18)19)16-8-7-15(10-16)5-2-6-15/h1,3-4,9H,2,5-8,10H2,(H,18,19). The van der Waals surface area contributed by atoms with Crippen LogP contribution in [0, 0.1) is 5.41 Å². The van der Waals surface area contributed by atoms with E-state index >= 15 is 0 Å². The van der Waals surface area contributed by atoms with Gasteiger partial charge in [0.2, 0.25) is 0 Å². The van der Waals surface area contributed by atoms with Crippen LogP contribution < -0.4 is 0 Å². The Bertz CT molecular complexity index is 534. The largest absolute Gasteiger partial charge is 0.478 e. The summed E-state index contributed by atoms with van der Waals surface area (Å²) in [6.45, 7) is 1.64. The highest BCUT2D eigenvalue weighted by Gasteiger charge is 2.44. The molecule has 3 rings (SSSR count). The lowest BCUT2D eigenvalue weighted by Gasteiger charge is -2.37. The van der Waals surface area contributed by atoms with Crippen molar-refractivity contribution in [2.24, 2.45) is 5.41 Å². The Hall–Kier alpha value is -1.84. The van der Waals surface area contributed by atoms with Gasteiger partial charge in [0, 0.05) is 18.7 Å². The van der Waals surface area contributed by atoms with Crippen molar-refractivity contribution in [2.75, 3.05) is 13.1 Å². The van der Waals surface area contributed by atoms with Gasteiger partial charge in [-0.1, -0.05) is 12.5 Å². The molecule has 1 N–H and O–H groups in total. The summed E-state index contributed by atoms with van der Waals surface area (Å²) in [5, 5.41) is 8.96. The fraction of sp³-hybridized carbons (Fsp3) is 0.467. The van der Waals surface area contributed by atoms with Gasteiger partial charge in [-0.3, -0.25) is 4.79 Å². The summed E-state index contributed by atoms with van der Waals surface area (Å²) < 4.78 is 0. The van der Waals surface area contributed by atoms with Crippen molar-refractivity contribution < 1.29 is 14.7 Å². The van der Waals surface area contributed by atoms with Crippen molar-refractivity contribution in [1.82, 2.24) is 4.90 Å². The Labute approximate surface area is 112 Å². The molecular weight excluding hydrogens is 242 g/mol. The van der Waals surface area contributed by atoms with Crippen molar-refractivity contribution in [1.29, 1.82) is 0 Å². The van der Waals surface area contributed by atoms with Gasteiger partial charge in [-0.05, 0) is 42.9 Å². The van der Waals surface area contributed by atoms with Crippen LogP contribution in [-0.4, -0.2) is 35.0 Å². The molecule has 2 aliphatic rings. The number of carboxylic acids is 1. The highest BCUT2D eigenvalue weighted by Crippen LogP contribution is 2.48. The van der Waals surface area contributed by atoms with Crippen LogP contribution in [0.2, 0.25) is 0 Å². The summed E-state index contributed by atoms with van der Waals surface area (Å²) >= 11 is 0. The van der Waals surface area contributed by atoms with Crippen LogP contribution in [0.4, 0.5) is 0 Å². The van der Waals surface area contributed by atoms with Gasteiger partial charge < -0.3 is 10.0 Å². The third kappa shape index (κ3) is 2.11. The first-order valence-electron chi connectivity index (χ1n) is 6.72. The molecule has 0 aromatic heterocycles. The fourth-order valence-electron chi connectivity index (χ4n) is 3.16. The number of hydrogen-bond acceptors (Lipinski definition) is 2. The summed E-state index contributed by atoms with van der Waals surface area (Å²) in [4.78, 5) is 25.2. The van der Waals surface area contributed by atoms with E-state index < -0.39 is 5.97 Å². The van der Waals surface area contributed by atoms with Gasteiger partial charge >= 0.3 is 5.97 Å². The summed E-state index contributed by atoms with van der Waals surface area (Å²) in [6.07, 6.45) is 4.83. The first-order chi connectivity index (χ1) is 9.10. The van der Waals surface area contributed by atoms with E-state index in [4.69, 9.17) is 5.11 Å². The second kappa shape index (κ2) is 4.37. The molecule has 4 nitrogen and oxygen atoms in total. The average molecular weight is 259 g/mol. The molecule has 100 valence electrons. The molecule has 0 radical (unpaired) electrons. The van der Waals surface area contributed by atoms with Gasteiger partial charge in [-0.2, -0.15) is 0 Å². The van der Waals surface area contributed by atoms with Gasteiger partial charge in [0.25, 0.3) is 5.91 Å². The molecule has 19 heavy (non-hydrogen) atoms. The molecule has 1 saturated carbocycles. The van der Waals surface area contributed by atoms with E-state index in [1.165, 1.54) is 31.4 Å². The minimum Gasteiger partial charge on any atom is -0.478 e. The van der Waals surface area contributed by atoms with Gasteiger partial charge in [0.1, 0.15) is 0 Å². The van der Waals surface area contributed by atoms with E-state index in [2.05, 4.69) is 0 Å². The van der Waals surface area contributed by atoms with Crippen molar-refractivity contribution in [2.45, 2.75) is 25.7 Å². The molecule has 1 aromatic rings. The fourth-order valence-corrected chi connectivity index (χ4v) is 3.16. The number of aromatic carboxylic acids is 1. The Kier molecular flexibility index (Phi) is 2.81. The maximum absolute atomic E-state index is 12.4. The van der Waals surface area contributed by atoms with Gasteiger partial charge in [-0.15, -0.1) is 0 Å². The van der Waals surface area contributed by atoms with Gasteiger partial charge in [-0.25, -0.2) is 4.79 Å². The summed E-state index contributed by atoms with van der Waals surface area (Å²) in [5.41, 5.74) is 1.03. The Morgan fingerprint density at radius 1 is 1.16 bits per heavy atom. The van der Waals surface area contributed by atoms with Gasteiger partial charge in [0.05, 0.1) is 5.56 Å². The van der Waals surface area contributed by atoms with Crippen LogP contribution >= 0.6 is 0 Å². The molecule has 4 heteroatoms. The highest BCUT2D eigenvalue weighted by molar-refractivity contribution is 5.97. The Morgan fingerprint density at radius 2 is 1.89 bits per heavy atom. The predicted molar refractivity (Wildman–Crippen MR) is 70.2 cm³/mol. The van der Waals surface area contributed by atoms with E-state index in [9.17, 15) is 9.59 Å². The number of nitrogens with zero attached hydrogens (tertiary/aromatic N) is 1. The minimum absolute atomic E-state index is 0.0353. The molecule has 1 aromatic carbocycles. The van der Waals surface area contributed by atoms with Crippen LogP contribution in [0.1, 0.15) is 46.4 Å². The van der Waals surface area contributed by atoms with Crippen molar-refractivity contribution in [3.8, 4) is 0 Å². The van der Waals surface area contributed by atoms with Crippen LogP contribution in [0.5, 0.6) is 0 Å². The van der Waals surface area contributed by atoms with Crippen LogP contribution in [-0.2, 0) is 0 Å². The molecular formula is C15H17NO3. The van der Waals surface area contributed by atoms with Crippen molar-refractivity contribution in [3.63, 3.8) is 0 Å². The Morgan fingerprint density at radius 3 is 2.47 bits per heavy atom. The number of amides is 1. The lowest BCUT2D eigenvalue weighted by atomic mass is 9.68. The molecule has 1 heterocycles. The number of likely N-dealkylation sites (tertiary alicyclic amines) is 1. The summed E-state index contributed by atoms with van der Waals surface area (Å²) in [7, 11) is 0. The van der Waals surface area contributed by atoms with E-state index in [1.54, 1.807) is 12.1 Å². The van der Waals surface area contributed by atoms with Crippen molar-refractivity contribution in [3.05, 3.63) is 35.4 Å². The van der Waals surface area contributed by atoms with Gasteiger partial charge in [0.15, 0.2) is 0 Å². The highest BCUT2D eigenvalue weighted by atomic mass is 16.4. The zero-order chi connectivity index (χ0) is 13.5. The maximum atomic E-state index is 12.4. The molecule has 1 amide bonds. The van der Waals surface area contributed by atoms with E-state index in [0.29, 0.717) is 11.0 Å². The average Bonchev–Trinajstić information content (AvgIpc) is 2.83. The molecule has 0 unspecified atom stereocenters. The maximum Gasteiger partial charge on any atom is 0.335 e. The lowest BCUT2D eigenvalue weighted by molar-refractivity contribution is 0.0697. The number of carbonyl (C=O) groups excluding carboxylic acids is 1. The molecule has 1 aliphatic heterocycles. The third-order valence-corrected chi connectivity index (χ3v) is 4.50. The third-order valence-electron chi connectivity index (χ3n) is 4.50.